The first kappa shape index (κ1) is 19.2. The maximum Gasteiger partial charge on any atom is 0.326 e. The van der Waals surface area contributed by atoms with Gasteiger partial charge in [-0.05, 0) is 35.8 Å². The van der Waals surface area contributed by atoms with Gasteiger partial charge in [0.05, 0.1) is 0 Å². The Bertz CT molecular complexity index is 738. The molecular weight excluding hydrogens is 330 g/mol. The number of aliphatic carboxylic acids is 1. The van der Waals surface area contributed by atoms with Crippen LogP contribution in [0.1, 0.15) is 30.9 Å². The van der Waals surface area contributed by atoms with E-state index in [-0.39, 0.29) is 0 Å². The van der Waals surface area contributed by atoms with Crippen LogP contribution < -0.4 is 10.1 Å². The van der Waals surface area contributed by atoms with E-state index in [2.05, 4.69) is 5.32 Å². The second-order valence-corrected chi connectivity index (χ2v) is 5.86. The Labute approximate surface area is 153 Å². The summed E-state index contributed by atoms with van der Waals surface area (Å²) in [5, 5.41) is 11.5. The van der Waals surface area contributed by atoms with Gasteiger partial charge in [-0.2, -0.15) is 0 Å². The van der Waals surface area contributed by atoms with E-state index >= 15 is 0 Å². The lowest BCUT2D eigenvalue weighted by Crippen LogP contribution is -2.39. The maximum absolute atomic E-state index is 11.8. The zero-order valence-corrected chi connectivity index (χ0v) is 14.7. The Hall–Kier alpha value is -3.08. The predicted molar refractivity (Wildman–Crippen MR) is 101 cm³/mol. The lowest BCUT2D eigenvalue weighted by atomic mass is 10.1. The number of hydrogen-bond acceptors (Lipinski definition) is 3. The van der Waals surface area contributed by atoms with Crippen molar-refractivity contribution in [2.45, 2.75) is 32.4 Å². The molecular formula is C21H23NO4. The third-order valence-corrected chi connectivity index (χ3v) is 3.75. The molecule has 0 saturated carbocycles. The molecule has 2 aromatic carbocycles. The molecule has 0 aromatic heterocycles. The van der Waals surface area contributed by atoms with Gasteiger partial charge in [-0.1, -0.05) is 55.8 Å². The highest BCUT2D eigenvalue weighted by molar-refractivity contribution is 5.94. The van der Waals surface area contributed by atoms with Crippen molar-refractivity contribution in [1.29, 1.82) is 0 Å². The van der Waals surface area contributed by atoms with Gasteiger partial charge in [-0.25, -0.2) is 4.79 Å². The van der Waals surface area contributed by atoms with E-state index in [0.29, 0.717) is 19.4 Å². The predicted octanol–water partition coefficient (Wildman–Crippen LogP) is 3.65. The number of carbonyl (C=O) groups is 2. The summed E-state index contributed by atoms with van der Waals surface area (Å²) in [5.74, 6) is -0.701. The zero-order chi connectivity index (χ0) is 18.8. The fourth-order valence-electron chi connectivity index (χ4n) is 2.35. The van der Waals surface area contributed by atoms with Gasteiger partial charge in [0.2, 0.25) is 5.91 Å². The van der Waals surface area contributed by atoms with Gasteiger partial charge >= 0.3 is 5.97 Å². The van der Waals surface area contributed by atoms with Gasteiger partial charge in [0, 0.05) is 6.08 Å². The summed E-state index contributed by atoms with van der Waals surface area (Å²) >= 11 is 0. The molecule has 5 heteroatoms. The van der Waals surface area contributed by atoms with Crippen LogP contribution in [0.3, 0.4) is 0 Å². The molecule has 0 spiro atoms. The summed E-state index contributed by atoms with van der Waals surface area (Å²) < 4.78 is 5.71. The molecule has 0 heterocycles. The van der Waals surface area contributed by atoms with Crippen molar-refractivity contribution in [2.75, 3.05) is 0 Å². The highest BCUT2D eigenvalue weighted by Crippen LogP contribution is 2.15. The third-order valence-electron chi connectivity index (χ3n) is 3.75. The monoisotopic (exact) mass is 353 g/mol. The summed E-state index contributed by atoms with van der Waals surface area (Å²) in [6, 6.07) is 16.4. The highest BCUT2D eigenvalue weighted by Gasteiger charge is 2.17. The van der Waals surface area contributed by atoms with E-state index in [1.807, 2.05) is 61.5 Å². The van der Waals surface area contributed by atoms with Crippen molar-refractivity contribution < 1.29 is 19.4 Å². The minimum atomic E-state index is -1.02. The van der Waals surface area contributed by atoms with Crippen molar-refractivity contribution in [3.63, 3.8) is 0 Å². The molecule has 0 fully saturated rings. The number of amides is 1. The zero-order valence-electron chi connectivity index (χ0n) is 14.7. The van der Waals surface area contributed by atoms with Crippen molar-refractivity contribution in [1.82, 2.24) is 5.32 Å². The summed E-state index contributed by atoms with van der Waals surface area (Å²) in [4.78, 5) is 22.9. The number of ether oxygens (including phenoxy) is 1. The Morgan fingerprint density at radius 1 is 1.12 bits per heavy atom. The first-order valence-electron chi connectivity index (χ1n) is 8.56. The third kappa shape index (κ3) is 6.43. The number of nitrogens with one attached hydrogen (secondary N) is 1. The van der Waals surface area contributed by atoms with Crippen LogP contribution in [0.2, 0.25) is 0 Å². The molecule has 26 heavy (non-hydrogen) atoms. The van der Waals surface area contributed by atoms with Crippen molar-refractivity contribution >= 4 is 18.0 Å². The van der Waals surface area contributed by atoms with E-state index in [1.54, 1.807) is 6.08 Å². The molecule has 2 rings (SSSR count). The number of hydrogen-bond donors (Lipinski definition) is 2. The van der Waals surface area contributed by atoms with Gasteiger partial charge in [0.1, 0.15) is 18.4 Å². The first-order chi connectivity index (χ1) is 12.6. The minimum Gasteiger partial charge on any atom is -0.489 e. The minimum absolute atomic E-state index is 0.405. The van der Waals surface area contributed by atoms with Crippen molar-refractivity contribution in [3.05, 3.63) is 71.8 Å². The second-order valence-electron chi connectivity index (χ2n) is 5.86. The number of carboxylic acids is 1. The van der Waals surface area contributed by atoms with Crippen LogP contribution in [-0.4, -0.2) is 23.0 Å². The molecule has 1 atom stereocenters. The number of rotatable bonds is 9. The van der Waals surface area contributed by atoms with Crippen LogP contribution in [0.15, 0.2) is 60.7 Å². The SMILES string of the molecule is CCCC(NC(=O)/C=C/c1ccc(OCc2ccccc2)cc1)C(=O)O. The van der Waals surface area contributed by atoms with E-state index < -0.39 is 17.9 Å². The molecule has 136 valence electrons. The molecule has 0 aliphatic carbocycles. The first-order valence-corrected chi connectivity index (χ1v) is 8.56. The van der Waals surface area contributed by atoms with Crippen LogP contribution >= 0.6 is 0 Å². The van der Waals surface area contributed by atoms with E-state index in [4.69, 9.17) is 9.84 Å². The molecule has 2 N–H and O–H groups in total. The summed E-state index contributed by atoms with van der Waals surface area (Å²) in [6.45, 7) is 2.37. The van der Waals surface area contributed by atoms with Crippen molar-refractivity contribution in [3.8, 4) is 5.75 Å². The topological polar surface area (TPSA) is 75.6 Å². The van der Waals surface area contributed by atoms with Crippen LogP contribution in [0, 0.1) is 0 Å². The van der Waals surface area contributed by atoms with Crippen LogP contribution in [0.5, 0.6) is 5.75 Å². The second kappa shape index (κ2) is 10.0. The normalized spacial score (nSPS) is 11.9. The van der Waals surface area contributed by atoms with E-state index in [1.165, 1.54) is 6.08 Å². The van der Waals surface area contributed by atoms with Crippen LogP contribution in [-0.2, 0) is 16.2 Å². The summed E-state index contributed by atoms with van der Waals surface area (Å²) in [7, 11) is 0. The van der Waals surface area contributed by atoms with Gasteiger partial charge in [-0.15, -0.1) is 0 Å². The Balaban J connectivity index is 1.86. The van der Waals surface area contributed by atoms with Gasteiger partial charge in [0.25, 0.3) is 0 Å². The standard InChI is InChI=1S/C21H23NO4/c1-2-6-19(21(24)25)22-20(23)14-11-16-9-12-18(13-10-16)26-15-17-7-4-3-5-8-17/h3-5,7-14,19H,2,6,15H2,1H3,(H,22,23)(H,24,25)/b14-11+. The molecule has 0 bridgehead atoms. The highest BCUT2D eigenvalue weighted by atomic mass is 16.5. The quantitative estimate of drug-likeness (QED) is 0.675. The fourth-order valence-corrected chi connectivity index (χ4v) is 2.35. The van der Waals surface area contributed by atoms with Crippen molar-refractivity contribution in [2.24, 2.45) is 0 Å². The van der Waals surface area contributed by atoms with E-state index in [0.717, 1.165) is 16.9 Å². The van der Waals surface area contributed by atoms with Gasteiger partial charge in [0.15, 0.2) is 0 Å². The molecule has 0 aliphatic rings. The molecule has 5 nitrogen and oxygen atoms in total. The molecule has 1 unspecified atom stereocenters. The maximum atomic E-state index is 11.8. The largest absolute Gasteiger partial charge is 0.489 e. The molecule has 1 amide bonds. The van der Waals surface area contributed by atoms with Gasteiger partial charge in [-0.3, -0.25) is 4.79 Å². The van der Waals surface area contributed by atoms with Crippen LogP contribution in [0.25, 0.3) is 6.08 Å². The smallest absolute Gasteiger partial charge is 0.326 e. The Morgan fingerprint density at radius 3 is 2.42 bits per heavy atom. The Morgan fingerprint density at radius 2 is 1.81 bits per heavy atom. The molecule has 0 radical (unpaired) electrons. The summed E-state index contributed by atoms with van der Waals surface area (Å²) in [5.41, 5.74) is 1.92. The Kier molecular flexibility index (Phi) is 7.43. The van der Waals surface area contributed by atoms with Crippen LogP contribution in [0.4, 0.5) is 0 Å². The average molecular weight is 353 g/mol. The number of carboxylic acid groups (broad SMARTS) is 1. The lowest BCUT2D eigenvalue weighted by molar-refractivity contribution is -0.141. The number of benzene rings is 2. The van der Waals surface area contributed by atoms with E-state index in [9.17, 15) is 9.59 Å². The fraction of sp³-hybridized carbons (Fsp3) is 0.238. The average Bonchev–Trinajstić information content (AvgIpc) is 2.66. The molecule has 0 aliphatic heterocycles. The molecule has 2 aromatic rings. The summed E-state index contributed by atoms with van der Waals surface area (Å²) in [6.07, 6.45) is 4.07. The molecule has 0 saturated heterocycles. The number of carbonyl (C=O) groups excluding carboxylic acids is 1. The lowest BCUT2D eigenvalue weighted by Gasteiger charge is -2.11. The van der Waals surface area contributed by atoms with Gasteiger partial charge < -0.3 is 15.2 Å².